The summed E-state index contributed by atoms with van der Waals surface area (Å²) < 4.78 is 13.1. The Kier molecular flexibility index (Phi) is 5.65. The predicted molar refractivity (Wildman–Crippen MR) is 57.8 cm³/mol. The summed E-state index contributed by atoms with van der Waals surface area (Å²) in [6.45, 7) is 4.13. The standard InChI is InChI=1S/C10H15FN2.ClH/c1-7(2)6-9(12)8-4-3-5-13-10(8)11;/h3-5,7,9H,6,12H2,1-2H3;1H/t9-;/m1./s1. The molecule has 1 rings (SSSR count). The topological polar surface area (TPSA) is 38.9 Å². The van der Waals surface area contributed by atoms with Gasteiger partial charge in [-0.25, -0.2) is 4.98 Å². The first kappa shape index (κ1) is 13.3. The third kappa shape index (κ3) is 3.60. The van der Waals surface area contributed by atoms with E-state index >= 15 is 0 Å². The van der Waals surface area contributed by atoms with Gasteiger partial charge in [-0.05, 0) is 18.4 Å². The molecule has 0 aromatic carbocycles. The molecule has 1 aromatic heterocycles. The number of halogens is 2. The van der Waals surface area contributed by atoms with Gasteiger partial charge in [0, 0.05) is 17.8 Å². The highest BCUT2D eigenvalue weighted by Gasteiger charge is 2.12. The zero-order valence-corrected chi connectivity index (χ0v) is 9.22. The average molecular weight is 219 g/mol. The van der Waals surface area contributed by atoms with Crippen molar-refractivity contribution in [2.75, 3.05) is 0 Å². The SMILES string of the molecule is CC(C)C[C@@H](N)c1cccnc1F.Cl. The lowest BCUT2D eigenvalue weighted by molar-refractivity contribution is 0.478. The van der Waals surface area contributed by atoms with E-state index in [2.05, 4.69) is 18.8 Å². The lowest BCUT2D eigenvalue weighted by Gasteiger charge is -2.14. The molecule has 0 aliphatic heterocycles. The average Bonchev–Trinajstić information content (AvgIpc) is 2.03. The molecule has 0 amide bonds. The van der Waals surface area contributed by atoms with Gasteiger partial charge in [0.05, 0.1) is 0 Å². The Hall–Kier alpha value is -0.670. The zero-order chi connectivity index (χ0) is 9.84. The summed E-state index contributed by atoms with van der Waals surface area (Å²) in [4.78, 5) is 3.56. The Morgan fingerprint density at radius 1 is 1.50 bits per heavy atom. The minimum absolute atomic E-state index is 0. The number of nitrogens with two attached hydrogens (primary N) is 1. The summed E-state index contributed by atoms with van der Waals surface area (Å²) in [6, 6.07) is 3.15. The summed E-state index contributed by atoms with van der Waals surface area (Å²) in [7, 11) is 0. The molecular weight excluding hydrogens is 203 g/mol. The monoisotopic (exact) mass is 218 g/mol. The van der Waals surface area contributed by atoms with Gasteiger partial charge < -0.3 is 5.73 Å². The van der Waals surface area contributed by atoms with Crippen LogP contribution in [0.3, 0.4) is 0 Å². The summed E-state index contributed by atoms with van der Waals surface area (Å²) >= 11 is 0. The number of hydrogen-bond donors (Lipinski definition) is 1. The molecule has 0 aliphatic carbocycles. The van der Waals surface area contributed by atoms with E-state index in [1.807, 2.05) is 0 Å². The van der Waals surface area contributed by atoms with Gasteiger partial charge in [-0.1, -0.05) is 19.9 Å². The largest absolute Gasteiger partial charge is 0.324 e. The van der Waals surface area contributed by atoms with Crippen molar-refractivity contribution in [3.63, 3.8) is 0 Å². The molecule has 0 saturated carbocycles. The van der Waals surface area contributed by atoms with Gasteiger partial charge in [0.1, 0.15) is 0 Å². The van der Waals surface area contributed by atoms with Gasteiger partial charge in [-0.3, -0.25) is 0 Å². The summed E-state index contributed by atoms with van der Waals surface area (Å²) in [5, 5.41) is 0. The van der Waals surface area contributed by atoms with Crippen molar-refractivity contribution in [1.82, 2.24) is 4.98 Å². The fourth-order valence-corrected chi connectivity index (χ4v) is 1.31. The van der Waals surface area contributed by atoms with Crippen molar-refractivity contribution in [2.45, 2.75) is 26.3 Å². The van der Waals surface area contributed by atoms with E-state index < -0.39 is 5.95 Å². The second kappa shape index (κ2) is 5.94. The van der Waals surface area contributed by atoms with Crippen molar-refractivity contribution in [2.24, 2.45) is 11.7 Å². The first-order chi connectivity index (χ1) is 6.11. The van der Waals surface area contributed by atoms with E-state index in [4.69, 9.17) is 5.73 Å². The van der Waals surface area contributed by atoms with Crippen LogP contribution in [0.25, 0.3) is 0 Å². The Morgan fingerprint density at radius 3 is 2.64 bits per heavy atom. The molecule has 4 heteroatoms. The quantitative estimate of drug-likeness (QED) is 0.793. The van der Waals surface area contributed by atoms with E-state index in [-0.39, 0.29) is 18.4 Å². The number of hydrogen-bond acceptors (Lipinski definition) is 2. The number of aromatic nitrogens is 1. The zero-order valence-electron chi connectivity index (χ0n) is 8.40. The van der Waals surface area contributed by atoms with E-state index in [1.165, 1.54) is 6.20 Å². The van der Waals surface area contributed by atoms with Crippen molar-refractivity contribution in [3.8, 4) is 0 Å². The van der Waals surface area contributed by atoms with E-state index in [0.29, 0.717) is 11.5 Å². The first-order valence-corrected chi connectivity index (χ1v) is 4.47. The summed E-state index contributed by atoms with van der Waals surface area (Å²) in [6.07, 6.45) is 2.21. The third-order valence-corrected chi connectivity index (χ3v) is 1.91. The molecule has 0 saturated heterocycles. The molecule has 0 unspecified atom stereocenters. The molecule has 0 aliphatic rings. The molecule has 1 aromatic rings. The normalized spacial score (nSPS) is 12.4. The fourth-order valence-electron chi connectivity index (χ4n) is 1.31. The minimum atomic E-state index is -0.448. The van der Waals surface area contributed by atoms with E-state index in [9.17, 15) is 4.39 Å². The molecule has 0 fully saturated rings. The first-order valence-electron chi connectivity index (χ1n) is 4.47. The number of pyridine rings is 1. The molecule has 0 radical (unpaired) electrons. The van der Waals surface area contributed by atoms with Crippen LogP contribution in [-0.2, 0) is 0 Å². The molecule has 1 atom stereocenters. The highest BCUT2D eigenvalue weighted by atomic mass is 35.5. The van der Waals surface area contributed by atoms with E-state index in [1.54, 1.807) is 12.1 Å². The van der Waals surface area contributed by atoms with Crippen molar-refractivity contribution in [1.29, 1.82) is 0 Å². The van der Waals surface area contributed by atoms with Gasteiger partial charge in [-0.15, -0.1) is 12.4 Å². The van der Waals surface area contributed by atoms with Gasteiger partial charge in [0.25, 0.3) is 0 Å². The smallest absolute Gasteiger partial charge is 0.217 e. The third-order valence-electron chi connectivity index (χ3n) is 1.91. The minimum Gasteiger partial charge on any atom is -0.324 e. The van der Waals surface area contributed by atoms with Gasteiger partial charge >= 0.3 is 0 Å². The van der Waals surface area contributed by atoms with Crippen LogP contribution < -0.4 is 5.73 Å². The highest BCUT2D eigenvalue weighted by Crippen LogP contribution is 2.19. The summed E-state index contributed by atoms with van der Waals surface area (Å²) in [5.74, 6) is 0.0188. The number of rotatable bonds is 3. The Bertz CT molecular complexity index is 279. The van der Waals surface area contributed by atoms with Gasteiger partial charge in [-0.2, -0.15) is 4.39 Å². The van der Waals surface area contributed by atoms with Crippen LogP contribution in [0, 0.1) is 11.9 Å². The van der Waals surface area contributed by atoms with Crippen LogP contribution in [0.15, 0.2) is 18.3 Å². The Balaban J connectivity index is 0.00000169. The molecular formula is C10H16ClFN2. The fraction of sp³-hybridized carbons (Fsp3) is 0.500. The highest BCUT2D eigenvalue weighted by molar-refractivity contribution is 5.85. The van der Waals surface area contributed by atoms with Gasteiger partial charge in [0.15, 0.2) is 0 Å². The van der Waals surface area contributed by atoms with Crippen LogP contribution in [0.2, 0.25) is 0 Å². The number of nitrogens with zero attached hydrogens (tertiary/aromatic N) is 1. The molecule has 0 bridgehead atoms. The van der Waals surface area contributed by atoms with Crippen molar-refractivity contribution in [3.05, 3.63) is 29.8 Å². The van der Waals surface area contributed by atoms with Crippen molar-refractivity contribution >= 4 is 12.4 Å². The maximum absolute atomic E-state index is 13.1. The van der Waals surface area contributed by atoms with Crippen LogP contribution in [0.4, 0.5) is 4.39 Å². The Labute approximate surface area is 90.1 Å². The maximum atomic E-state index is 13.1. The summed E-state index contributed by atoms with van der Waals surface area (Å²) in [5.41, 5.74) is 6.33. The molecule has 1 heterocycles. The molecule has 2 N–H and O–H groups in total. The van der Waals surface area contributed by atoms with E-state index in [0.717, 1.165) is 6.42 Å². The Morgan fingerprint density at radius 2 is 2.14 bits per heavy atom. The maximum Gasteiger partial charge on any atom is 0.217 e. The predicted octanol–water partition coefficient (Wildman–Crippen LogP) is 2.69. The van der Waals surface area contributed by atoms with Crippen LogP contribution in [0.1, 0.15) is 31.9 Å². The molecule has 14 heavy (non-hydrogen) atoms. The van der Waals surface area contributed by atoms with Crippen molar-refractivity contribution < 1.29 is 4.39 Å². The lowest BCUT2D eigenvalue weighted by Crippen LogP contribution is -2.15. The molecule has 2 nitrogen and oxygen atoms in total. The van der Waals surface area contributed by atoms with Crippen LogP contribution in [0.5, 0.6) is 0 Å². The second-order valence-corrected chi connectivity index (χ2v) is 3.62. The molecule has 80 valence electrons. The van der Waals surface area contributed by atoms with Gasteiger partial charge in [0.2, 0.25) is 5.95 Å². The lowest BCUT2D eigenvalue weighted by atomic mass is 9.99. The van der Waals surface area contributed by atoms with Crippen LogP contribution in [-0.4, -0.2) is 4.98 Å². The molecule has 0 spiro atoms. The second-order valence-electron chi connectivity index (χ2n) is 3.62. The van der Waals surface area contributed by atoms with Crippen LogP contribution >= 0.6 is 12.4 Å².